The average Bonchev–Trinajstić information content (AvgIpc) is 2.08. The van der Waals surface area contributed by atoms with Crippen molar-refractivity contribution in [3.63, 3.8) is 0 Å². The van der Waals surface area contributed by atoms with Crippen LogP contribution in [0, 0.1) is 11.8 Å². The van der Waals surface area contributed by atoms with E-state index in [1.165, 1.54) is 0 Å². The van der Waals surface area contributed by atoms with E-state index in [-0.39, 0.29) is 87.4 Å². The van der Waals surface area contributed by atoms with E-state index >= 15 is 0 Å². The van der Waals surface area contributed by atoms with Crippen molar-refractivity contribution in [3.8, 4) is 0 Å². The smallest absolute Gasteiger partial charge is 0.327 e. The molecule has 0 aliphatic rings. The van der Waals surface area contributed by atoms with Crippen LogP contribution >= 0.6 is 25.3 Å². The van der Waals surface area contributed by atoms with Gasteiger partial charge >= 0.3 is 5.97 Å². The Balaban J connectivity index is 1.98. The van der Waals surface area contributed by atoms with E-state index in [0.29, 0.717) is 11.1 Å². The number of carbonyl (C=O) groups is 11. The minimum Gasteiger partial charge on any atom is -0.480 e. The van der Waals surface area contributed by atoms with E-state index in [1.54, 1.807) is 82.4 Å². The lowest BCUT2D eigenvalue weighted by molar-refractivity contribution is -0.141. The summed E-state index contributed by atoms with van der Waals surface area (Å²) in [6, 6.07) is 0.748. The van der Waals surface area contributed by atoms with Gasteiger partial charge in [0.15, 0.2) is 11.9 Å². The largest absolute Gasteiger partial charge is 0.480 e. The first kappa shape index (κ1) is 74.6. The molecule has 0 aliphatic heterocycles. The zero-order valence-corrected chi connectivity index (χ0v) is 51.8. The number of thiol groups is 2. The van der Waals surface area contributed by atoms with E-state index in [1.807, 2.05) is 6.07 Å². The van der Waals surface area contributed by atoms with Gasteiger partial charge in [0.25, 0.3) is 0 Å². The van der Waals surface area contributed by atoms with Crippen LogP contribution in [0.5, 0.6) is 0 Å². The van der Waals surface area contributed by atoms with E-state index in [4.69, 9.17) is 34.4 Å². The number of aromatic nitrogens is 1. The third-order valence-corrected chi connectivity index (χ3v) is 14.3. The van der Waals surface area contributed by atoms with Gasteiger partial charge < -0.3 is 97.5 Å². The van der Waals surface area contributed by atoms with Gasteiger partial charge in [0, 0.05) is 54.5 Å². The normalized spacial score (nSPS) is 14.5. The zero-order valence-electron chi connectivity index (χ0n) is 50.0. The fraction of sp³-hybridized carbons (Fsp3) is 0.518. The number of amides is 10. The molecule has 89 heavy (non-hydrogen) atoms. The standard InChI is InChI=1S/C56H86N18O13S2/c1-28(2)20-37(48(80)73-42(27-89)54(86)87)71-53(85)44(29(3)4)74-47(79)36(17-11-19-64-56(61)62)67-51(83)40(23-43(58)76)70-46(78)35(16-10-18-63-55(59)60)66-49(81)38(21-30-12-6-5-7-13-30)69-52(84)41(25-75)72-50(82)39(68-45(77)33(57)26-88)22-31-24-65-34-15-9-8-14-32(31)34/h5-9,12-15,24,28-29,33,35-42,44,65,75,88-89H,10-11,16-23,25-27,57H2,1-4H3,(H2,58,76)(H,66,81)(H,67,83)(H,68,77)(H,69,84)(H,70,78)(H,71,85)(H,72,82)(H,73,80)(H,74,79)(H,86,87)(H4,59,60,63)(H4,61,62,64)/t33-,35-,36-,37-,38-,39-,40-,41-,42-,44-/m0/s1. The molecular weight excluding hydrogens is 1200 g/mol. The quantitative estimate of drug-likeness (QED) is 0.0110. The number of nitrogens with one attached hydrogen (secondary N) is 10. The molecule has 10 atom stereocenters. The Morgan fingerprint density at radius 3 is 1.49 bits per heavy atom. The molecule has 31 nitrogen and oxygen atoms in total. The lowest BCUT2D eigenvalue weighted by Crippen LogP contribution is -2.61. The number of aromatic amines is 1. The number of carbonyl (C=O) groups excluding carboxylic acids is 10. The number of aliphatic carboxylic acids is 1. The number of aliphatic imine (C=N–C) groups is 2. The second-order valence-corrected chi connectivity index (χ2v) is 22.4. The van der Waals surface area contributed by atoms with Gasteiger partial charge in [-0.3, -0.25) is 57.9 Å². The van der Waals surface area contributed by atoms with E-state index in [9.17, 15) is 63.0 Å². The maximum Gasteiger partial charge on any atom is 0.327 e. The van der Waals surface area contributed by atoms with Crippen LogP contribution < -0.4 is 82.3 Å². The van der Waals surface area contributed by atoms with Crippen molar-refractivity contribution in [3.05, 3.63) is 71.9 Å². The van der Waals surface area contributed by atoms with Crippen LogP contribution in [-0.4, -0.2) is 184 Å². The highest BCUT2D eigenvalue weighted by Crippen LogP contribution is 2.20. The maximum absolute atomic E-state index is 14.6. The summed E-state index contributed by atoms with van der Waals surface area (Å²) in [5.74, 6) is -12.7. The van der Waals surface area contributed by atoms with Gasteiger partial charge in [-0.2, -0.15) is 25.3 Å². The predicted molar refractivity (Wildman–Crippen MR) is 338 cm³/mol. The molecule has 0 unspecified atom stereocenters. The summed E-state index contributed by atoms with van der Waals surface area (Å²) in [5, 5.41) is 43.5. The second kappa shape index (κ2) is 37.9. The Morgan fingerprint density at radius 1 is 0.528 bits per heavy atom. The number of hydrogen-bond acceptors (Lipinski definition) is 17. The summed E-state index contributed by atoms with van der Waals surface area (Å²) in [5.41, 5.74) is 35.5. The fourth-order valence-electron chi connectivity index (χ4n) is 8.87. The first-order valence-electron chi connectivity index (χ1n) is 28.6. The number of para-hydroxylation sites is 1. The first-order chi connectivity index (χ1) is 42.1. The van der Waals surface area contributed by atoms with Crippen LogP contribution in [0.2, 0.25) is 0 Å². The van der Waals surface area contributed by atoms with Crippen molar-refractivity contribution in [2.24, 2.45) is 56.2 Å². The maximum atomic E-state index is 14.6. The summed E-state index contributed by atoms with van der Waals surface area (Å²) >= 11 is 8.08. The molecule has 0 saturated heterocycles. The number of hydrogen-bond donors (Lipinski definition) is 20. The van der Waals surface area contributed by atoms with Crippen molar-refractivity contribution in [2.45, 2.75) is 139 Å². The number of fused-ring (bicyclic) bond motifs is 1. The van der Waals surface area contributed by atoms with Gasteiger partial charge in [-0.1, -0.05) is 76.2 Å². The number of H-pyrrole nitrogens is 1. The van der Waals surface area contributed by atoms with Crippen molar-refractivity contribution < 1.29 is 63.0 Å². The Bertz CT molecular complexity index is 2960. The molecule has 0 spiro atoms. The third-order valence-electron chi connectivity index (χ3n) is 13.6. The Hall–Kier alpha value is -8.69. The zero-order chi connectivity index (χ0) is 66.5. The van der Waals surface area contributed by atoms with E-state index in [2.05, 4.69) is 88.1 Å². The molecule has 1 heterocycles. The van der Waals surface area contributed by atoms with Crippen molar-refractivity contribution in [1.82, 2.24) is 52.8 Å². The molecule has 3 rings (SSSR count). The topological polar surface area (TPSA) is 533 Å². The van der Waals surface area contributed by atoms with Gasteiger partial charge in [-0.05, 0) is 61.1 Å². The van der Waals surface area contributed by atoms with Gasteiger partial charge in [0.1, 0.15) is 54.4 Å². The van der Waals surface area contributed by atoms with Gasteiger partial charge in [0.2, 0.25) is 59.1 Å². The molecule has 24 N–H and O–H groups in total. The predicted octanol–water partition coefficient (Wildman–Crippen LogP) is -4.74. The van der Waals surface area contributed by atoms with Crippen molar-refractivity contribution in [2.75, 3.05) is 31.2 Å². The number of aliphatic hydroxyl groups is 1. The lowest BCUT2D eigenvalue weighted by Gasteiger charge is -2.29. The lowest BCUT2D eigenvalue weighted by atomic mass is 9.99. The number of primary amides is 1. The molecule has 33 heteroatoms. The summed E-state index contributed by atoms with van der Waals surface area (Å²) < 4.78 is 0. The Labute approximate surface area is 525 Å². The molecule has 10 amide bonds. The Kier molecular flexibility index (Phi) is 31.7. The first-order valence-corrected chi connectivity index (χ1v) is 29.9. The third kappa shape index (κ3) is 25.9. The molecule has 0 saturated carbocycles. The second-order valence-electron chi connectivity index (χ2n) is 21.7. The molecule has 0 aliphatic carbocycles. The van der Waals surface area contributed by atoms with E-state index < -0.39 is 144 Å². The van der Waals surface area contributed by atoms with Gasteiger partial charge in [-0.25, -0.2) is 4.79 Å². The number of nitrogens with zero attached hydrogens (tertiary/aromatic N) is 2. The number of carboxylic acid groups (broad SMARTS) is 1. The highest BCUT2D eigenvalue weighted by Gasteiger charge is 2.37. The van der Waals surface area contributed by atoms with Gasteiger partial charge in [-0.15, -0.1) is 0 Å². The minimum atomic E-state index is -1.84. The molecule has 0 fully saturated rings. The van der Waals surface area contributed by atoms with Crippen LogP contribution in [0.4, 0.5) is 0 Å². The number of nitrogens with two attached hydrogens (primary N) is 6. The van der Waals surface area contributed by atoms with Crippen LogP contribution in [0.3, 0.4) is 0 Å². The minimum absolute atomic E-state index is 0.0104. The SMILES string of the molecule is CC(C)C[C@H](NC(=O)[C@@H](NC(=O)[C@H](CCCN=C(N)N)NC(=O)[C@H](CC(N)=O)NC(=O)[C@H](CCCN=C(N)N)NC(=O)[C@H](Cc1ccccc1)NC(=O)[C@H](CO)NC(=O)[C@H](Cc1c[nH]c2ccccc12)NC(=O)[C@@H](N)CS)C(C)C)C(=O)N[C@@H](CS)C(=O)O. The molecule has 2 aromatic carbocycles. The van der Waals surface area contributed by atoms with Crippen LogP contribution in [0.1, 0.15) is 77.3 Å². The molecule has 0 radical (unpaired) electrons. The molecule has 490 valence electrons. The molecule has 3 aromatic rings. The molecule has 0 bridgehead atoms. The fourth-order valence-corrected chi connectivity index (χ4v) is 9.29. The molecule has 1 aromatic heterocycles. The van der Waals surface area contributed by atoms with Crippen molar-refractivity contribution in [1.29, 1.82) is 0 Å². The van der Waals surface area contributed by atoms with Crippen LogP contribution in [0.25, 0.3) is 10.9 Å². The number of aliphatic hydroxyl groups excluding tert-OH is 1. The van der Waals surface area contributed by atoms with Crippen molar-refractivity contribution >= 4 is 113 Å². The number of rotatable bonds is 39. The molecular formula is C56H86N18O13S2. The monoisotopic (exact) mass is 1280 g/mol. The van der Waals surface area contributed by atoms with E-state index in [0.717, 1.165) is 10.9 Å². The van der Waals surface area contributed by atoms with Gasteiger partial charge in [0.05, 0.1) is 19.1 Å². The van der Waals surface area contributed by atoms with Crippen LogP contribution in [-0.2, 0) is 65.6 Å². The summed E-state index contributed by atoms with van der Waals surface area (Å²) in [4.78, 5) is 161. The number of guanidine groups is 2. The summed E-state index contributed by atoms with van der Waals surface area (Å²) in [6.45, 7) is 5.58. The van der Waals surface area contributed by atoms with Crippen LogP contribution in [0.15, 0.2) is 70.8 Å². The summed E-state index contributed by atoms with van der Waals surface area (Å²) in [6.07, 6.45) is 0.128. The number of benzene rings is 2. The average molecular weight is 1280 g/mol. The highest BCUT2D eigenvalue weighted by molar-refractivity contribution is 7.80. The number of carboxylic acids is 1. The highest BCUT2D eigenvalue weighted by atomic mass is 32.1. The Morgan fingerprint density at radius 2 is 0.978 bits per heavy atom. The summed E-state index contributed by atoms with van der Waals surface area (Å²) in [7, 11) is 0.